The minimum atomic E-state index is -0.872. The van der Waals surface area contributed by atoms with Crippen LogP contribution in [0, 0.1) is 11.6 Å². The highest BCUT2D eigenvalue weighted by atomic mass is 19.1. The molecule has 26 heavy (non-hydrogen) atoms. The Hall–Kier alpha value is -3.02. The molecule has 1 aromatic heterocycles. The number of halogens is 2. The molecular weight excluding hydrogens is 336 g/mol. The minimum absolute atomic E-state index is 0.227. The molecule has 2 aromatic carbocycles. The first kappa shape index (κ1) is 17.8. The number of hydrogen-bond donors (Lipinski definition) is 2. The molecule has 0 aliphatic heterocycles. The zero-order valence-corrected chi connectivity index (χ0v) is 14.4. The van der Waals surface area contributed by atoms with Gasteiger partial charge in [-0.1, -0.05) is 31.2 Å². The van der Waals surface area contributed by atoms with Gasteiger partial charge >= 0.3 is 0 Å². The van der Waals surface area contributed by atoms with Crippen molar-refractivity contribution in [3.8, 4) is 0 Å². The number of carbonyl (C=O) groups is 1. The molecule has 1 heterocycles. The quantitative estimate of drug-likeness (QED) is 0.659. The lowest BCUT2D eigenvalue weighted by molar-refractivity contribution is 0.0947. The Morgan fingerprint density at radius 3 is 2.50 bits per heavy atom. The second kappa shape index (κ2) is 7.91. The normalized spacial score (nSPS) is 10.7. The van der Waals surface area contributed by atoms with Crippen LogP contribution in [0.2, 0.25) is 0 Å². The van der Waals surface area contributed by atoms with E-state index in [4.69, 9.17) is 0 Å². The van der Waals surface area contributed by atoms with E-state index in [2.05, 4.69) is 15.6 Å². The van der Waals surface area contributed by atoms with Crippen molar-refractivity contribution in [1.82, 2.24) is 10.3 Å². The van der Waals surface area contributed by atoms with E-state index in [1.807, 2.05) is 37.3 Å². The topological polar surface area (TPSA) is 54.0 Å². The Balaban J connectivity index is 1.65. The van der Waals surface area contributed by atoms with Gasteiger partial charge in [-0.05, 0) is 30.7 Å². The van der Waals surface area contributed by atoms with Gasteiger partial charge in [0.05, 0.1) is 5.52 Å². The highest BCUT2D eigenvalue weighted by molar-refractivity contribution is 5.95. The van der Waals surface area contributed by atoms with Gasteiger partial charge in [0.15, 0.2) is 0 Å². The number of anilines is 1. The number of benzene rings is 2. The summed E-state index contributed by atoms with van der Waals surface area (Å²) >= 11 is 0. The van der Waals surface area contributed by atoms with Gasteiger partial charge in [-0.3, -0.25) is 9.78 Å². The summed E-state index contributed by atoms with van der Waals surface area (Å²) < 4.78 is 27.2. The van der Waals surface area contributed by atoms with E-state index in [1.165, 1.54) is 6.07 Å². The predicted molar refractivity (Wildman–Crippen MR) is 98.3 cm³/mol. The first-order chi connectivity index (χ1) is 12.6. The van der Waals surface area contributed by atoms with Gasteiger partial charge in [0.25, 0.3) is 5.91 Å². The maximum Gasteiger partial charge on any atom is 0.257 e. The Morgan fingerprint density at radius 2 is 1.77 bits per heavy atom. The maximum absolute atomic E-state index is 13.6. The number of fused-ring (bicyclic) bond motifs is 1. The number of nitrogens with zero attached hydrogens (tertiary/aromatic N) is 1. The molecule has 6 heteroatoms. The van der Waals surface area contributed by atoms with Gasteiger partial charge in [0, 0.05) is 29.9 Å². The Morgan fingerprint density at radius 1 is 1.04 bits per heavy atom. The standard InChI is InChI=1S/C20H19F2N3O/c1-2-13-12-18(14-6-3-4-9-17(14)25-13)23-10-11-24-20(26)19-15(21)7-5-8-16(19)22/h3-9,12H,2,10-11H2,1H3,(H,23,25)(H,24,26). The van der Waals surface area contributed by atoms with E-state index < -0.39 is 23.1 Å². The van der Waals surface area contributed by atoms with Crippen molar-refractivity contribution in [2.24, 2.45) is 0 Å². The number of hydrogen-bond acceptors (Lipinski definition) is 3. The van der Waals surface area contributed by atoms with Crippen molar-refractivity contribution in [3.63, 3.8) is 0 Å². The molecule has 134 valence electrons. The van der Waals surface area contributed by atoms with Gasteiger partial charge < -0.3 is 10.6 Å². The molecule has 0 spiro atoms. The van der Waals surface area contributed by atoms with Crippen LogP contribution in [-0.4, -0.2) is 24.0 Å². The van der Waals surface area contributed by atoms with Crippen LogP contribution < -0.4 is 10.6 Å². The summed E-state index contributed by atoms with van der Waals surface area (Å²) in [6.45, 7) is 2.67. The van der Waals surface area contributed by atoms with Crippen LogP contribution >= 0.6 is 0 Å². The van der Waals surface area contributed by atoms with Crippen molar-refractivity contribution >= 4 is 22.5 Å². The molecule has 0 unspecified atom stereocenters. The van der Waals surface area contributed by atoms with Crippen LogP contribution in [0.15, 0.2) is 48.5 Å². The molecule has 2 N–H and O–H groups in total. The van der Waals surface area contributed by atoms with Gasteiger partial charge in [0.2, 0.25) is 0 Å². The highest BCUT2D eigenvalue weighted by Crippen LogP contribution is 2.23. The molecule has 0 radical (unpaired) electrons. The van der Waals surface area contributed by atoms with Crippen LogP contribution in [0.1, 0.15) is 23.0 Å². The van der Waals surface area contributed by atoms with Gasteiger partial charge in [-0.15, -0.1) is 0 Å². The van der Waals surface area contributed by atoms with E-state index in [1.54, 1.807) is 0 Å². The van der Waals surface area contributed by atoms with Crippen LogP contribution in [0.3, 0.4) is 0 Å². The summed E-state index contributed by atoms with van der Waals surface area (Å²) in [7, 11) is 0. The van der Waals surface area contributed by atoms with Gasteiger partial charge in [0.1, 0.15) is 17.2 Å². The second-order valence-corrected chi connectivity index (χ2v) is 5.81. The largest absolute Gasteiger partial charge is 0.383 e. The molecule has 0 aliphatic carbocycles. The van der Waals surface area contributed by atoms with Crippen LogP contribution in [0.25, 0.3) is 10.9 Å². The number of aryl methyl sites for hydroxylation is 1. The lowest BCUT2D eigenvalue weighted by Gasteiger charge is -2.12. The maximum atomic E-state index is 13.6. The first-order valence-electron chi connectivity index (χ1n) is 8.45. The molecule has 0 bridgehead atoms. The molecule has 1 amide bonds. The molecule has 3 rings (SSSR count). The number of para-hydroxylation sites is 1. The molecule has 0 atom stereocenters. The van der Waals surface area contributed by atoms with Crippen molar-refractivity contribution in [3.05, 3.63) is 71.4 Å². The average Bonchev–Trinajstić information content (AvgIpc) is 2.64. The summed E-state index contributed by atoms with van der Waals surface area (Å²) in [5.41, 5.74) is 2.21. The smallest absolute Gasteiger partial charge is 0.257 e. The number of pyridine rings is 1. The summed E-state index contributed by atoms with van der Waals surface area (Å²) in [4.78, 5) is 16.6. The fraction of sp³-hybridized carbons (Fsp3) is 0.200. The Labute approximate surface area is 150 Å². The Kier molecular flexibility index (Phi) is 5.41. The zero-order chi connectivity index (χ0) is 18.5. The molecule has 0 saturated heterocycles. The second-order valence-electron chi connectivity index (χ2n) is 5.81. The van der Waals surface area contributed by atoms with Gasteiger partial charge in [-0.2, -0.15) is 0 Å². The molecular formula is C20H19F2N3O. The highest BCUT2D eigenvalue weighted by Gasteiger charge is 2.16. The summed E-state index contributed by atoms with van der Waals surface area (Å²) in [6.07, 6.45) is 0.808. The molecule has 0 saturated carbocycles. The van der Waals surface area contributed by atoms with E-state index in [9.17, 15) is 13.6 Å². The fourth-order valence-corrected chi connectivity index (χ4v) is 2.73. The van der Waals surface area contributed by atoms with E-state index >= 15 is 0 Å². The summed E-state index contributed by atoms with van der Waals surface area (Å²) in [5, 5.41) is 6.77. The van der Waals surface area contributed by atoms with Crippen LogP contribution in [0.5, 0.6) is 0 Å². The van der Waals surface area contributed by atoms with Crippen molar-refractivity contribution < 1.29 is 13.6 Å². The molecule has 3 aromatic rings. The van der Waals surface area contributed by atoms with Crippen LogP contribution in [0.4, 0.5) is 14.5 Å². The number of aromatic nitrogens is 1. The number of rotatable bonds is 6. The molecule has 4 nitrogen and oxygen atoms in total. The van der Waals surface area contributed by atoms with E-state index in [0.29, 0.717) is 6.54 Å². The van der Waals surface area contributed by atoms with Crippen LogP contribution in [-0.2, 0) is 6.42 Å². The van der Waals surface area contributed by atoms with Crippen molar-refractivity contribution in [1.29, 1.82) is 0 Å². The number of nitrogens with one attached hydrogen (secondary N) is 2. The SMILES string of the molecule is CCc1cc(NCCNC(=O)c2c(F)cccc2F)c2ccccc2n1. The number of amides is 1. The third-order valence-electron chi connectivity index (χ3n) is 4.05. The van der Waals surface area contributed by atoms with E-state index in [-0.39, 0.29) is 6.54 Å². The predicted octanol–water partition coefficient (Wildman–Crippen LogP) is 3.92. The monoisotopic (exact) mass is 355 g/mol. The third-order valence-corrected chi connectivity index (χ3v) is 4.05. The first-order valence-corrected chi connectivity index (χ1v) is 8.45. The number of carbonyl (C=O) groups excluding carboxylic acids is 1. The fourth-order valence-electron chi connectivity index (χ4n) is 2.73. The minimum Gasteiger partial charge on any atom is -0.383 e. The molecule has 0 aliphatic rings. The summed E-state index contributed by atoms with van der Waals surface area (Å²) in [5.74, 6) is -2.51. The molecule has 0 fully saturated rings. The summed E-state index contributed by atoms with van der Waals surface area (Å²) in [6, 6.07) is 13.1. The lowest BCUT2D eigenvalue weighted by Crippen LogP contribution is -2.30. The average molecular weight is 355 g/mol. The van der Waals surface area contributed by atoms with Gasteiger partial charge in [-0.25, -0.2) is 8.78 Å². The van der Waals surface area contributed by atoms with Crippen molar-refractivity contribution in [2.75, 3.05) is 18.4 Å². The zero-order valence-electron chi connectivity index (χ0n) is 14.4. The van der Waals surface area contributed by atoms with Crippen molar-refractivity contribution in [2.45, 2.75) is 13.3 Å². The lowest BCUT2D eigenvalue weighted by atomic mass is 10.1. The van der Waals surface area contributed by atoms with E-state index in [0.717, 1.165) is 40.8 Å². The third kappa shape index (κ3) is 3.79. The Bertz CT molecular complexity index is 923.